The molecule has 5 heteroatoms. The number of carbonyl (C=O) groups is 3. The van der Waals surface area contributed by atoms with Crippen LogP contribution in [0.5, 0.6) is 0 Å². The maximum Gasteiger partial charge on any atom is 0.237 e. The Morgan fingerprint density at radius 3 is 2.27 bits per heavy atom. The van der Waals surface area contributed by atoms with Gasteiger partial charge in [0.2, 0.25) is 17.7 Å². The van der Waals surface area contributed by atoms with Gasteiger partial charge in [-0.05, 0) is 20.5 Å². The van der Waals surface area contributed by atoms with Crippen molar-refractivity contribution in [1.82, 2.24) is 9.80 Å². The molecule has 5 nitrogen and oxygen atoms in total. The molecule has 15 heavy (non-hydrogen) atoms. The Morgan fingerprint density at radius 1 is 1.27 bits per heavy atom. The van der Waals surface area contributed by atoms with Crippen molar-refractivity contribution in [3.8, 4) is 0 Å². The zero-order valence-electron chi connectivity index (χ0n) is 9.15. The summed E-state index contributed by atoms with van der Waals surface area (Å²) >= 11 is 0. The monoisotopic (exact) mass is 212 g/mol. The maximum atomic E-state index is 11.6. The zero-order valence-corrected chi connectivity index (χ0v) is 9.15. The first-order chi connectivity index (χ1) is 7.02. The smallest absolute Gasteiger partial charge is 0.237 e. The number of hydrogen-bond donors (Lipinski definition) is 0. The number of piperidine rings is 1. The van der Waals surface area contributed by atoms with Gasteiger partial charge in [-0.2, -0.15) is 0 Å². The number of carbonyl (C=O) groups excluding carboxylic acids is 3. The normalized spacial score (nSPS) is 17.4. The summed E-state index contributed by atoms with van der Waals surface area (Å²) in [5.41, 5.74) is 0. The summed E-state index contributed by atoms with van der Waals surface area (Å²) in [4.78, 5) is 37.0. The molecular formula is C10H16N2O3. The second kappa shape index (κ2) is 5.02. The Kier molecular flexibility index (Phi) is 3.96. The summed E-state index contributed by atoms with van der Waals surface area (Å²) in [6.45, 7) is 0.551. The van der Waals surface area contributed by atoms with E-state index in [1.54, 1.807) is 0 Å². The van der Waals surface area contributed by atoms with Crippen molar-refractivity contribution < 1.29 is 14.4 Å². The average molecular weight is 212 g/mol. The van der Waals surface area contributed by atoms with Gasteiger partial charge in [0.25, 0.3) is 0 Å². The zero-order chi connectivity index (χ0) is 11.4. The number of hydrogen-bond acceptors (Lipinski definition) is 4. The summed E-state index contributed by atoms with van der Waals surface area (Å²) in [5.74, 6) is -1.08. The van der Waals surface area contributed by atoms with Crippen LogP contribution in [0.3, 0.4) is 0 Å². The summed E-state index contributed by atoms with van der Waals surface area (Å²) in [6, 6.07) is 0. The first-order valence-corrected chi connectivity index (χ1v) is 5.05. The molecule has 0 unspecified atom stereocenters. The molecule has 0 aliphatic carbocycles. The van der Waals surface area contributed by atoms with E-state index in [9.17, 15) is 14.4 Å². The van der Waals surface area contributed by atoms with Crippen LogP contribution in [0, 0.1) is 0 Å². The van der Waals surface area contributed by atoms with E-state index in [4.69, 9.17) is 0 Å². The molecule has 1 heterocycles. The van der Waals surface area contributed by atoms with Gasteiger partial charge >= 0.3 is 0 Å². The third-order valence-electron chi connectivity index (χ3n) is 2.30. The maximum absolute atomic E-state index is 11.6. The second-order valence-corrected chi connectivity index (χ2v) is 3.92. The number of imide groups is 3. The van der Waals surface area contributed by atoms with Crippen LogP contribution in [0.15, 0.2) is 0 Å². The van der Waals surface area contributed by atoms with Crippen LogP contribution in [0.4, 0.5) is 0 Å². The Balaban J connectivity index is 2.56. The molecule has 0 aromatic rings. The Labute approximate surface area is 89.0 Å². The molecule has 3 amide bonds. The first kappa shape index (κ1) is 11.8. The first-order valence-electron chi connectivity index (χ1n) is 5.05. The van der Waals surface area contributed by atoms with E-state index < -0.39 is 0 Å². The molecule has 1 rings (SSSR count). The van der Waals surface area contributed by atoms with E-state index >= 15 is 0 Å². The van der Waals surface area contributed by atoms with Crippen LogP contribution < -0.4 is 0 Å². The highest BCUT2D eigenvalue weighted by atomic mass is 16.2. The topological polar surface area (TPSA) is 57.7 Å². The fourth-order valence-electron chi connectivity index (χ4n) is 1.46. The van der Waals surface area contributed by atoms with E-state index in [0.717, 1.165) is 4.90 Å². The lowest BCUT2D eigenvalue weighted by Gasteiger charge is -2.23. The summed E-state index contributed by atoms with van der Waals surface area (Å²) in [6.07, 6.45) is 1.39. The van der Waals surface area contributed by atoms with Crippen molar-refractivity contribution in [3.63, 3.8) is 0 Å². The molecule has 0 spiro atoms. The predicted molar refractivity (Wildman–Crippen MR) is 53.9 cm³/mol. The van der Waals surface area contributed by atoms with Crippen molar-refractivity contribution in [2.24, 2.45) is 0 Å². The highest BCUT2D eigenvalue weighted by Crippen LogP contribution is 2.13. The Hall–Kier alpha value is -1.23. The molecular weight excluding hydrogens is 196 g/mol. The van der Waals surface area contributed by atoms with Gasteiger partial charge in [-0.1, -0.05) is 0 Å². The molecule has 1 fully saturated rings. The molecule has 1 aliphatic rings. The van der Waals surface area contributed by atoms with Crippen molar-refractivity contribution in [1.29, 1.82) is 0 Å². The van der Waals surface area contributed by atoms with E-state index in [2.05, 4.69) is 0 Å². The third-order valence-corrected chi connectivity index (χ3v) is 2.30. The minimum atomic E-state index is -0.376. The molecule has 0 radical (unpaired) electrons. The molecule has 1 saturated heterocycles. The molecule has 0 aromatic carbocycles. The second-order valence-electron chi connectivity index (χ2n) is 3.92. The van der Waals surface area contributed by atoms with Crippen LogP contribution in [0.2, 0.25) is 0 Å². The molecule has 0 aromatic heterocycles. The summed E-state index contributed by atoms with van der Waals surface area (Å²) in [7, 11) is 3.68. The van der Waals surface area contributed by atoms with Crippen LogP contribution in [0.25, 0.3) is 0 Å². The SMILES string of the molecule is CN(C)CCC(=O)N1C(=O)CCCC1=O. The average Bonchev–Trinajstić information content (AvgIpc) is 2.14. The molecule has 0 saturated carbocycles. The van der Waals surface area contributed by atoms with Crippen molar-refractivity contribution in [3.05, 3.63) is 0 Å². The lowest BCUT2D eigenvalue weighted by atomic mass is 10.1. The number of likely N-dealkylation sites (tertiary alicyclic amines) is 1. The van der Waals surface area contributed by atoms with Gasteiger partial charge in [-0.3, -0.25) is 14.4 Å². The molecule has 1 aliphatic heterocycles. The van der Waals surface area contributed by atoms with E-state index in [1.165, 1.54) is 0 Å². The standard InChI is InChI=1S/C10H16N2O3/c1-11(2)7-6-10(15)12-8(13)4-3-5-9(12)14/h3-7H2,1-2H3. The van der Waals surface area contributed by atoms with Gasteiger partial charge in [-0.15, -0.1) is 0 Å². The van der Waals surface area contributed by atoms with E-state index in [1.807, 2.05) is 19.0 Å². The fourth-order valence-corrected chi connectivity index (χ4v) is 1.46. The van der Waals surface area contributed by atoms with E-state index in [-0.39, 0.29) is 24.1 Å². The third kappa shape index (κ3) is 3.13. The van der Waals surface area contributed by atoms with Gasteiger partial charge < -0.3 is 4.90 Å². The fraction of sp³-hybridized carbons (Fsp3) is 0.700. The van der Waals surface area contributed by atoms with Gasteiger partial charge in [-0.25, -0.2) is 4.90 Å². The number of nitrogens with zero attached hydrogens (tertiary/aromatic N) is 2. The molecule has 0 atom stereocenters. The Morgan fingerprint density at radius 2 is 1.80 bits per heavy atom. The molecule has 84 valence electrons. The molecule has 0 bridgehead atoms. The predicted octanol–water partition coefficient (Wildman–Crippen LogP) is 0.00380. The van der Waals surface area contributed by atoms with Gasteiger partial charge in [0.05, 0.1) is 0 Å². The minimum absolute atomic E-state index is 0.213. The Bertz CT molecular complexity index is 270. The lowest BCUT2D eigenvalue weighted by molar-refractivity contribution is -0.156. The van der Waals surface area contributed by atoms with Crippen LogP contribution in [-0.2, 0) is 14.4 Å². The van der Waals surface area contributed by atoms with Gasteiger partial charge in [0.15, 0.2) is 0 Å². The molecule has 0 N–H and O–H groups in total. The number of rotatable bonds is 3. The van der Waals surface area contributed by atoms with Crippen LogP contribution >= 0.6 is 0 Å². The highest BCUT2D eigenvalue weighted by molar-refractivity contribution is 6.12. The van der Waals surface area contributed by atoms with Crippen LogP contribution in [-0.4, -0.2) is 48.2 Å². The quantitative estimate of drug-likeness (QED) is 0.618. The largest absolute Gasteiger partial charge is 0.309 e. The lowest BCUT2D eigenvalue weighted by Crippen LogP contribution is -2.45. The van der Waals surface area contributed by atoms with E-state index in [0.29, 0.717) is 25.8 Å². The highest BCUT2D eigenvalue weighted by Gasteiger charge is 2.30. The van der Waals surface area contributed by atoms with Crippen LogP contribution in [0.1, 0.15) is 25.7 Å². The number of amides is 3. The van der Waals surface area contributed by atoms with Crippen molar-refractivity contribution in [2.45, 2.75) is 25.7 Å². The van der Waals surface area contributed by atoms with Crippen molar-refractivity contribution in [2.75, 3.05) is 20.6 Å². The minimum Gasteiger partial charge on any atom is -0.309 e. The van der Waals surface area contributed by atoms with Crippen molar-refractivity contribution >= 4 is 17.7 Å². The summed E-state index contributed by atoms with van der Waals surface area (Å²) in [5, 5.41) is 0. The van der Waals surface area contributed by atoms with Gasteiger partial charge in [0.1, 0.15) is 0 Å². The summed E-state index contributed by atoms with van der Waals surface area (Å²) < 4.78 is 0. The van der Waals surface area contributed by atoms with Gasteiger partial charge in [0, 0.05) is 25.8 Å².